The molecule has 1 aromatic rings. The second kappa shape index (κ2) is 7.15. The number of carboxylic acids is 1. The largest absolute Gasteiger partial charge is 0.480 e. The number of fused-ring (bicyclic) bond motifs is 1. The number of nitrogens with zero attached hydrogens (tertiary/aromatic N) is 1. The van der Waals surface area contributed by atoms with Crippen LogP contribution in [0.3, 0.4) is 0 Å². The zero-order valence-corrected chi connectivity index (χ0v) is 14.5. The van der Waals surface area contributed by atoms with Gasteiger partial charge in [0.25, 0.3) is 0 Å². The lowest BCUT2D eigenvalue weighted by Crippen LogP contribution is -2.56. The lowest BCUT2D eigenvalue weighted by molar-refractivity contribution is -0.151. The highest BCUT2D eigenvalue weighted by atomic mass is 32.2. The Hall–Kier alpha value is -1.53. The summed E-state index contributed by atoms with van der Waals surface area (Å²) >= 11 is 1.49. The van der Waals surface area contributed by atoms with Crippen molar-refractivity contribution in [3.05, 3.63) is 35.9 Å². The van der Waals surface area contributed by atoms with Gasteiger partial charge in [0.1, 0.15) is 0 Å². The number of amides is 1. The number of benzene rings is 1. The molecule has 0 aliphatic carbocycles. The minimum atomic E-state index is -0.984. The number of thioether (sulfide) groups is 1. The number of hydrogen-bond donors (Lipinski definition) is 2. The quantitative estimate of drug-likeness (QED) is 0.854. The van der Waals surface area contributed by atoms with Crippen LogP contribution in [0.1, 0.15) is 44.1 Å². The lowest BCUT2D eigenvalue weighted by atomic mass is 9.98. The first-order chi connectivity index (χ1) is 11.5. The predicted molar refractivity (Wildman–Crippen MR) is 94.4 cm³/mol. The summed E-state index contributed by atoms with van der Waals surface area (Å²) in [5.41, 5.74) is 7.75. The van der Waals surface area contributed by atoms with Crippen LogP contribution in [0.25, 0.3) is 0 Å². The van der Waals surface area contributed by atoms with Crippen LogP contribution in [-0.4, -0.2) is 38.2 Å². The van der Waals surface area contributed by atoms with Gasteiger partial charge in [0.15, 0.2) is 6.04 Å². The van der Waals surface area contributed by atoms with Gasteiger partial charge in [0.05, 0.1) is 10.2 Å². The van der Waals surface area contributed by atoms with E-state index in [9.17, 15) is 14.7 Å². The molecule has 2 saturated heterocycles. The smallest absolute Gasteiger partial charge is 0.329 e. The summed E-state index contributed by atoms with van der Waals surface area (Å²) in [5, 5.41) is 9.63. The van der Waals surface area contributed by atoms with Gasteiger partial charge in [-0.05, 0) is 37.7 Å². The number of carboxylic acid groups (broad SMARTS) is 1. The van der Waals surface area contributed by atoms with Crippen molar-refractivity contribution in [2.75, 3.05) is 0 Å². The maximum absolute atomic E-state index is 12.4. The second-order valence-electron chi connectivity index (χ2n) is 6.65. The van der Waals surface area contributed by atoms with Gasteiger partial charge in [-0.15, -0.1) is 11.8 Å². The van der Waals surface area contributed by atoms with E-state index in [1.54, 1.807) is 4.90 Å². The van der Waals surface area contributed by atoms with Crippen LogP contribution in [0.2, 0.25) is 0 Å². The molecule has 1 amide bonds. The van der Waals surface area contributed by atoms with Gasteiger partial charge < -0.3 is 15.7 Å². The summed E-state index contributed by atoms with van der Waals surface area (Å²) in [5.74, 6) is -1.05. The molecule has 0 radical (unpaired) electrons. The number of aryl methyl sites for hydroxylation is 1. The zero-order valence-electron chi connectivity index (χ0n) is 13.7. The fourth-order valence-electron chi connectivity index (χ4n) is 3.74. The Balaban J connectivity index is 1.72. The Morgan fingerprint density at radius 3 is 2.79 bits per heavy atom. The van der Waals surface area contributed by atoms with Crippen molar-refractivity contribution < 1.29 is 14.7 Å². The van der Waals surface area contributed by atoms with Gasteiger partial charge in [0.2, 0.25) is 5.91 Å². The third-order valence-corrected chi connectivity index (χ3v) is 6.50. The van der Waals surface area contributed by atoms with E-state index in [1.807, 2.05) is 18.2 Å². The minimum Gasteiger partial charge on any atom is -0.480 e. The number of carbonyl (C=O) groups is 2. The van der Waals surface area contributed by atoms with Crippen LogP contribution in [0.5, 0.6) is 0 Å². The summed E-state index contributed by atoms with van der Waals surface area (Å²) in [6.45, 7) is 0. The summed E-state index contributed by atoms with van der Waals surface area (Å²) in [7, 11) is 0. The number of hydrogen-bond acceptors (Lipinski definition) is 4. The van der Waals surface area contributed by atoms with Gasteiger partial charge in [-0.1, -0.05) is 36.8 Å². The highest BCUT2D eigenvalue weighted by Gasteiger charge is 2.55. The average molecular weight is 348 g/mol. The van der Waals surface area contributed by atoms with E-state index in [1.165, 1.54) is 17.3 Å². The van der Waals surface area contributed by atoms with E-state index < -0.39 is 16.9 Å². The van der Waals surface area contributed by atoms with Crippen molar-refractivity contribution in [1.29, 1.82) is 0 Å². The minimum absolute atomic E-state index is 0.0622. The Bertz CT molecular complexity index is 610. The van der Waals surface area contributed by atoms with Crippen molar-refractivity contribution in [3.63, 3.8) is 0 Å². The maximum atomic E-state index is 12.4. The van der Waals surface area contributed by atoms with Gasteiger partial charge >= 0.3 is 5.97 Å². The topological polar surface area (TPSA) is 83.6 Å². The van der Waals surface area contributed by atoms with Gasteiger partial charge in [0, 0.05) is 6.42 Å². The van der Waals surface area contributed by atoms with E-state index in [4.69, 9.17) is 5.73 Å². The van der Waals surface area contributed by atoms with E-state index >= 15 is 0 Å². The first-order valence-electron chi connectivity index (χ1n) is 8.56. The summed E-state index contributed by atoms with van der Waals surface area (Å²) < 4.78 is 0. The van der Waals surface area contributed by atoms with E-state index in [-0.39, 0.29) is 11.3 Å². The molecule has 0 bridgehead atoms. The summed E-state index contributed by atoms with van der Waals surface area (Å²) in [6.07, 6.45) is 5.32. The van der Waals surface area contributed by atoms with Crippen molar-refractivity contribution in [3.8, 4) is 0 Å². The van der Waals surface area contributed by atoms with E-state index in [0.29, 0.717) is 12.8 Å². The standard InChI is InChI=1S/C18H24N2O3S/c19-18(12-6-9-13-7-2-1-3-8-13)16(17(22)23)20-14(21)10-4-5-11-15(20)24-18/h1-3,7-8,15-16H,4-6,9-12,19H2,(H,22,23). The summed E-state index contributed by atoms with van der Waals surface area (Å²) in [6, 6.07) is 9.19. The van der Waals surface area contributed by atoms with Crippen LogP contribution >= 0.6 is 11.8 Å². The first kappa shape index (κ1) is 17.3. The molecule has 5 nitrogen and oxygen atoms in total. The first-order valence-corrected chi connectivity index (χ1v) is 9.44. The normalized spacial score (nSPS) is 30.0. The Kier molecular flexibility index (Phi) is 5.15. The van der Waals surface area contributed by atoms with Crippen molar-refractivity contribution >= 4 is 23.6 Å². The van der Waals surface area contributed by atoms with Crippen molar-refractivity contribution in [2.45, 2.75) is 61.2 Å². The second-order valence-corrected chi connectivity index (χ2v) is 8.19. The van der Waals surface area contributed by atoms with Crippen LogP contribution < -0.4 is 5.73 Å². The van der Waals surface area contributed by atoms with Gasteiger partial charge in [-0.2, -0.15) is 0 Å². The average Bonchev–Trinajstić information content (AvgIpc) is 2.74. The molecule has 2 fully saturated rings. The Morgan fingerprint density at radius 1 is 1.33 bits per heavy atom. The van der Waals surface area contributed by atoms with Gasteiger partial charge in [-0.25, -0.2) is 4.79 Å². The maximum Gasteiger partial charge on any atom is 0.329 e. The monoisotopic (exact) mass is 348 g/mol. The SMILES string of the molecule is NC1(CCCc2ccccc2)SC2CCCCC(=O)N2C1C(=O)O. The van der Waals surface area contributed by atoms with E-state index in [2.05, 4.69) is 12.1 Å². The molecule has 24 heavy (non-hydrogen) atoms. The van der Waals surface area contributed by atoms with Crippen LogP contribution in [-0.2, 0) is 16.0 Å². The molecule has 2 aliphatic heterocycles. The Labute approximate surface area is 146 Å². The van der Waals surface area contributed by atoms with Crippen molar-refractivity contribution in [2.24, 2.45) is 5.73 Å². The fourth-order valence-corrected chi connectivity index (χ4v) is 5.49. The summed E-state index contributed by atoms with van der Waals surface area (Å²) in [4.78, 5) is 24.9. The Morgan fingerprint density at radius 2 is 2.08 bits per heavy atom. The molecule has 2 aliphatic rings. The molecule has 3 unspecified atom stereocenters. The van der Waals surface area contributed by atoms with E-state index in [0.717, 1.165) is 32.1 Å². The zero-order chi connectivity index (χ0) is 17.2. The van der Waals surface area contributed by atoms with Crippen molar-refractivity contribution in [1.82, 2.24) is 4.90 Å². The molecule has 0 spiro atoms. The molecule has 130 valence electrons. The molecule has 0 saturated carbocycles. The number of carbonyl (C=O) groups excluding carboxylic acids is 1. The van der Waals surface area contributed by atoms with Crippen LogP contribution in [0.4, 0.5) is 0 Å². The molecule has 0 aromatic heterocycles. The number of rotatable bonds is 5. The molecule has 3 rings (SSSR count). The van der Waals surface area contributed by atoms with Crippen LogP contribution in [0, 0.1) is 0 Å². The molecular formula is C18H24N2O3S. The molecule has 1 aromatic carbocycles. The number of nitrogens with two attached hydrogens (primary N) is 1. The molecule has 3 N–H and O–H groups in total. The third-order valence-electron chi connectivity index (χ3n) is 4.90. The third kappa shape index (κ3) is 3.44. The molecular weight excluding hydrogens is 324 g/mol. The highest BCUT2D eigenvalue weighted by molar-refractivity contribution is 8.01. The predicted octanol–water partition coefficient (Wildman–Crippen LogP) is 2.59. The lowest BCUT2D eigenvalue weighted by Gasteiger charge is -2.31. The molecule has 3 atom stereocenters. The molecule has 6 heteroatoms. The molecule has 2 heterocycles. The number of aliphatic carboxylic acids is 1. The highest BCUT2D eigenvalue weighted by Crippen LogP contribution is 2.47. The van der Waals surface area contributed by atoms with Crippen LogP contribution in [0.15, 0.2) is 30.3 Å². The van der Waals surface area contributed by atoms with Gasteiger partial charge in [-0.3, -0.25) is 4.79 Å². The fraction of sp³-hybridized carbons (Fsp3) is 0.556.